The summed E-state index contributed by atoms with van der Waals surface area (Å²) >= 11 is 6.03. The Hall–Kier alpha value is -2.93. The summed E-state index contributed by atoms with van der Waals surface area (Å²) in [4.78, 5) is 16.3. The molecule has 0 saturated heterocycles. The average molecular weight is 419 g/mol. The normalized spacial score (nSPS) is 12.1. The van der Waals surface area contributed by atoms with Crippen LogP contribution in [0.1, 0.15) is 17.3 Å². The van der Waals surface area contributed by atoms with Gasteiger partial charge in [-0.05, 0) is 31.2 Å². The SMILES string of the molecule is CN=C(NCCNC(=O)c1ccccc1Cl)NCC(C)Oc1cccc(OC)c1. The van der Waals surface area contributed by atoms with E-state index in [9.17, 15) is 4.79 Å². The zero-order chi connectivity index (χ0) is 21.1. The summed E-state index contributed by atoms with van der Waals surface area (Å²) < 4.78 is 11.1. The van der Waals surface area contributed by atoms with Crippen LogP contribution in [0.4, 0.5) is 0 Å². The highest BCUT2D eigenvalue weighted by Gasteiger charge is 2.09. The maximum absolute atomic E-state index is 12.1. The number of nitrogens with zero attached hydrogens (tertiary/aromatic N) is 1. The zero-order valence-corrected chi connectivity index (χ0v) is 17.6. The number of hydrogen-bond acceptors (Lipinski definition) is 4. The Morgan fingerprint density at radius 2 is 1.79 bits per heavy atom. The number of carbonyl (C=O) groups is 1. The van der Waals surface area contributed by atoms with Gasteiger partial charge >= 0.3 is 0 Å². The lowest BCUT2D eigenvalue weighted by Crippen LogP contribution is -2.44. The summed E-state index contributed by atoms with van der Waals surface area (Å²) in [5, 5.41) is 9.59. The number of amides is 1. The molecule has 0 aliphatic carbocycles. The first-order valence-corrected chi connectivity index (χ1v) is 9.69. The molecule has 0 aliphatic heterocycles. The van der Waals surface area contributed by atoms with E-state index in [1.807, 2.05) is 31.2 Å². The van der Waals surface area contributed by atoms with Gasteiger partial charge in [0.25, 0.3) is 5.91 Å². The van der Waals surface area contributed by atoms with Gasteiger partial charge in [0, 0.05) is 26.2 Å². The van der Waals surface area contributed by atoms with Gasteiger partial charge in [-0.15, -0.1) is 0 Å². The van der Waals surface area contributed by atoms with Crippen LogP contribution in [0.5, 0.6) is 11.5 Å². The van der Waals surface area contributed by atoms with Crippen molar-refractivity contribution in [3.8, 4) is 11.5 Å². The van der Waals surface area contributed by atoms with E-state index in [0.717, 1.165) is 11.5 Å². The molecule has 0 bridgehead atoms. The molecule has 1 atom stereocenters. The molecule has 29 heavy (non-hydrogen) atoms. The molecule has 0 spiro atoms. The van der Waals surface area contributed by atoms with Crippen molar-refractivity contribution in [3.63, 3.8) is 0 Å². The standard InChI is InChI=1S/C21H27ClN4O3/c1-15(29-17-8-6-7-16(13-17)28-3)14-26-21(23-2)25-12-11-24-20(27)18-9-4-5-10-19(18)22/h4-10,13,15H,11-12,14H2,1-3H3,(H,24,27)(H2,23,25,26). The van der Waals surface area contributed by atoms with Gasteiger partial charge in [-0.3, -0.25) is 9.79 Å². The van der Waals surface area contributed by atoms with Crippen molar-refractivity contribution in [3.05, 3.63) is 59.1 Å². The van der Waals surface area contributed by atoms with Crippen LogP contribution in [0, 0.1) is 0 Å². The van der Waals surface area contributed by atoms with Crippen molar-refractivity contribution in [1.82, 2.24) is 16.0 Å². The maximum atomic E-state index is 12.1. The van der Waals surface area contributed by atoms with Crippen molar-refractivity contribution >= 4 is 23.5 Å². The highest BCUT2D eigenvalue weighted by atomic mass is 35.5. The van der Waals surface area contributed by atoms with Crippen molar-refractivity contribution < 1.29 is 14.3 Å². The highest BCUT2D eigenvalue weighted by molar-refractivity contribution is 6.33. The summed E-state index contributed by atoms with van der Waals surface area (Å²) in [7, 11) is 3.31. The number of aliphatic imine (C=N–C) groups is 1. The zero-order valence-electron chi connectivity index (χ0n) is 16.9. The minimum absolute atomic E-state index is 0.0828. The highest BCUT2D eigenvalue weighted by Crippen LogP contribution is 2.19. The van der Waals surface area contributed by atoms with Gasteiger partial charge < -0.3 is 25.4 Å². The number of carbonyl (C=O) groups excluding carboxylic acids is 1. The summed E-state index contributed by atoms with van der Waals surface area (Å²) in [6.07, 6.45) is -0.0828. The molecule has 156 valence electrons. The fourth-order valence-corrected chi connectivity index (χ4v) is 2.73. The van der Waals surface area contributed by atoms with Crippen molar-refractivity contribution in [2.75, 3.05) is 33.8 Å². The smallest absolute Gasteiger partial charge is 0.252 e. The van der Waals surface area contributed by atoms with E-state index in [4.69, 9.17) is 21.1 Å². The number of halogens is 1. The molecule has 2 aromatic rings. The minimum Gasteiger partial charge on any atom is -0.497 e. The Balaban J connectivity index is 1.69. The summed E-state index contributed by atoms with van der Waals surface area (Å²) in [6.45, 7) is 3.47. The van der Waals surface area contributed by atoms with Crippen LogP contribution in [0.3, 0.4) is 0 Å². The second-order valence-electron chi connectivity index (χ2n) is 6.22. The molecular formula is C21H27ClN4O3. The first-order valence-electron chi connectivity index (χ1n) is 9.31. The molecule has 0 saturated carbocycles. The van der Waals surface area contributed by atoms with E-state index in [1.54, 1.807) is 38.4 Å². The van der Waals surface area contributed by atoms with E-state index < -0.39 is 0 Å². The van der Waals surface area contributed by atoms with Crippen molar-refractivity contribution in [2.24, 2.45) is 4.99 Å². The van der Waals surface area contributed by atoms with Crippen LogP contribution >= 0.6 is 11.6 Å². The average Bonchev–Trinajstić information content (AvgIpc) is 2.73. The second-order valence-corrected chi connectivity index (χ2v) is 6.63. The largest absolute Gasteiger partial charge is 0.497 e. The first-order chi connectivity index (χ1) is 14.0. The molecule has 0 heterocycles. The van der Waals surface area contributed by atoms with Gasteiger partial charge in [-0.1, -0.05) is 29.8 Å². The number of benzene rings is 2. The number of methoxy groups -OCH3 is 1. The third kappa shape index (κ3) is 7.54. The van der Waals surface area contributed by atoms with Gasteiger partial charge in [-0.2, -0.15) is 0 Å². The number of hydrogen-bond donors (Lipinski definition) is 3. The Morgan fingerprint density at radius 3 is 2.52 bits per heavy atom. The maximum Gasteiger partial charge on any atom is 0.252 e. The summed E-state index contributed by atoms with van der Waals surface area (Å²) in [6, 6.07) is 14.4. The van der Waals surface area contributed by atoms with Gasteiger partial charge in [0.15, 0.2) is 5.96 Å². The lowest BCUT2D eigenvalue weighted by atomic mass is 10.2. The van der Waals surface area contributed by atoms with Gasteiger partial charge in [0.1, 0.15) is 17.6 Å². The molecule has 1 unspecified atom stereocenters. The molecule has 2 rings (SSSR count). The quantitative estimate of drug-likeness (QED) is 0.331. The molecule has 1 amide bonds. The first kappa shape index (κ1) is 22.4. The summed E-state index contributed by atoms with van der Waals surface area (Å²) in [5.74, 6) is 1.90. The Morgan fingerprint density at radius 1 is 1.07 bits per heavy atom. The van der Waals surface area contributed by atoms with E-state index in [-0.39, 0.29) is 12.0 Å². The third-order valence-corrected chi connectivity index (χ3v) is 4.31. The molecule has 2 aromatic carbocycles. The number of rotatable bonds is 9. The third-order valence-electron chi connectivity index (χ3n) is 3.98. The molecule has 0 fully saturated rings. The van der Waals surface area contributed by atoms with Crippen LogP contribution in [0.15, 0.2) is 53.5 Å². The van der Waals surface area contributed by atoms with Crippen LogP contribution < -0.4 is 25.4 Å². The van der Waals surface area contributed by atoms with Gasteiger partial charge in [0.2, 0.25) is 0 Å². The van der Waals surface area contributed by atoms with Crippen LogP contribution in [0.25, 0.3) is 0 Å². The topological polar surface area (TPSA) is 84.0 Å². The summed E-state index contributed by atoms with van der Waals surface area (Å²) in [5.41, 5.74) is 0.459. The second kappa shape index (κ2) is 11.8. The predicted molar refractivity (Wildman–Crippen MR) is 116 cm³/mol. The molecule has 0 aliphatic rings. The van der Waals surface area contributed by atoms with Crippen LogP contribution in [-0.4, -0.2) is 51.8 Å². The van der Waals surface area contributed by atoms with E-state index in [0.29, 0.717) is 36.2 Å². The molecule has 0 radical (unpaired) electrons. The van der Waals surface area contributed by atoms with Crippen molar-refractivity contribution in [2.45, 2.75) is 13.0 Å². The fraction of sp³-hybridized carbons (Fsp3) is 0.333. The number of guanidine groups is 1. The Labute approximate surface area is 176 Å². The Kier molecular flexibility index (Phi) is 9.11. The molecule has 7 nitrogen and oxygen atoms in total. The van der Waals surface area contributed by atoms with Gasteiger partial charge in [-0.25, -0.2) is 0 Å². The van der Waals surface area contributed by atoms with Gasteiger partial charge in [0.05, 0.1) is 24.2 Å². The lowest BCUT2D eigenvalue weighted by Gasteiger charge is -2.18. The molecule has 0 aromatic heterocycles. The fourth-order valence-electron chi connectivity index (χ4n) is 2.51. The lowest BCUT2D eigenvalue weighted by molar-refractivity contribution is 0.0954. The van der Waals surface area contributed by atoms with Crippen molar-refractivity contribution in [1.29, 1.82) is 0 Å². The molecule has 3 N–H and O–H groups in total. The van der Waals surface area contributed by atoms with E-state index >= 15 is 0 Å². The molecular weight excluding hydrogens is 392 g/mol. The van der Waals surface area contributed by atoms with Crippen LogP contribution in [0.2, 0.25) is 5.02 Å². The monoisotopic (exact) mass is 418 g/mol. The minimum atomic E-state index is -0.208. The molecule has 8 heteroatoms. The van der Waals surface area contributed by atoms with Crippen LogP contribution in [-0.2, 0) is 0 Å². The van der Waals surface area contributed by atoms with E-state index in [1.165, 1.54) is 0 Å². The predicted octanol–water partition coefficient (Wildman–Crippen LogP) is 2.71. The Bertz CT molecular complexity index is 829. The van der Waals surface area contributed by atoms with E-state index in [2.05, 4.69) is 20.9 Å². The number of nitrogens with one attached hydrogen (secondary N) is 3. The number of ether oxygens (including phenoxy) is 2.